The molecule has 1 aliphatic heterocycles. The Balaban J connectivity index is 1.18. The fourth-order valence-corrected chi connectivity index (χ4v) is 6.72. The summed E-state index contributed by atoms with van der Waals surface area (Å²) in [5.74, 6) is 0.164. The Morgan fingerprint density at radius 2 is 1.84 bits per heavy atom. The summed E-state index contributed by atoms with van der Waals surface area (Å²) in [5, 5.41) is 0.697. The molecule has 2 aliphatic rings. The van der Waals surface area contributed by atoms with Crippen LogP contribution in [0.4, 0.5) is 0 Å². The molecule has 37 heavy (non-hydrogen) atoms. The molecule has 0 bridgehead atoms. The second-order valence-electron chi connectivity index (χ2n) is 10.1. The lowest BCUT2D eigenvalue weighted by Gasteiger charge is -2.34. The van der Waals surface area contributed by atoms with Crippen molar-refractivity contribution in [1.29, 1.82) is 0 Å². The minimum absolute atomic E-state index is 0.0463. The lowest BCUT2D eigenvalue weighted by molar-refractivity contribution is -0.130. The van der Waals surface area contributed by atoms with Crippen molar-refractivity contribution < 1.29 is 4.79 Å². The molecule has 6 rings (SSSR count). The molecular formula is C29H29ClN4O2S. The minimum atomic E-state index is 0.0463. The number of piperazine rings is 1. The molecule has 4 aromatic rings. The van der Waals surface area contributed by atoms with Crippen LogP contribution in [0, 0.1) is 0 Å². The average Bonchev–Trinajstić information content (AvgIpc) is 3.35. The van der Waals surface area contributed by atoms with Crippen LogP contribution in [0.3, 0.4) is 0 Å². The fourth-order valence-electron chi connectivity index (χ4n) is 5.55. The van der Waals surface area contributed by atoms with Crippen molar-refractivity contribution in [2.45, 2.75) is 38.8 Å². The van der Waals surface area contributed by atoms with E-state index in [9.17, 15) is 9.59 Å². The first-order chi connectivity index (χ1) is 17.9. The number of thiophene rings is 1. The maximum absolute atomic E-state index is 13.5. The Labute approximate surface area is 225 Å². The molecule has 3 heterocycles. The highest BCUT2D eigenvalue weighted by Gasteiger charge is 2.24. The molecule has 0 saturated carbocycles. The van der Waals surface area contributed by atoms with Gasteiger partial charge in [-0.25, -0.2) is 4.98 Å². The number of amides is 1. The van der Waals surface area contributed by atoms with Gasteiger partial charge in [-0.15, -0.1) is 11.3 Å². The summed E-state index contributed by atoms with van der Waals surface area (Å²) in [5.41, 5.74) is 5.87. The van der Waals surface area contributed by atoms with Gasteiger partial charge in [0.1, 0.15) is 4.70 Å². The van der Waals surface area contributed by atoms with Crippen molar-refractivity contribution in [2.24, 2.45) is 0 Å². The van der Waals surface area contributed by atoms with Gasteiger partial charge in [0.15, 0.2) is 0 Å². The molecule has 0 N–H and O–H groups in total. The summed E-state index contributed by atoms with van der Waals surface area (Å²) in [6, 6.07) is 16.6. The van der Waals surface area contributed by atoms with Crippen molar-refractivity contribution in [3.63, 3.8) is 0 Å². The molecule has 2 aromatic heterocycles. The number of benzene rings is 2. The highest BCUT2D eigenvalue weighted by atomic mass is 35.5. The minimum Gasteiger partial charge on any atom is -0.340 e. The van der Waals surface area contributed by atoms with Crippen LogP contribution < -0.4 is 5.56 Å². The van der Waals surface area contributed by atoms with Gasteiger partial charge in [0.2, 0.25) is 5.91 Å². The highest BCUT2D eigenvalue weighted by Crippen LogP contribution is 2.33. The highest BCUT2D eigenvalue weighted by molar-refractivity contribution is 7.22. The maximum Gasteiger partial charge on any atom is 0.271 e. The third-order valence-electron chi connectivity index (χ3n) is 7.68. The Bertz CT molecular complexity index is 1520. The third kappa shape index (κ3) is 4.96. The van der Waals surface area contributed by atoms with Gasteiger partial charge in [-0.1, -0.05) is 41.9 Å². The van der Waals surface area contributed by atoms with E-state index >= 15 is 0 Å². The van der Waals surface area contributed by atoms with E-state index in [0.717, 1.165) is 67.9 Å². The number of fused-ring (bicyclic) bond motifs is 2. The number of aryl methyl sites for hydroxylation is 1. The summed E-state index contributed by atoms with van der Waals surface area (Å²) in [6.07, 6.45) is 4.45. The van der Waals surface area contributed by atoms with Gasteiger partial charge in [0.05, 0.1) is 11.8 Å². The summed E-state index contributed by atoms with van der Waals surface area (Å²) >= 11 is 7.54. The van der Waals surface area contributed by atoms with Crippen molar-refractivity contribution in [3.05, 3.63) is 86.9 Å². The van der Waals surface area contributed by atoms with Crippen LogP contribution >= 0.6 is 22.9 Å². The summed E-state index contributed by atoms with van der Waals surface area (Å²) in [6.45, 7) is 6.00. The Hall–Kier alpha value is -3.00. The quantitative estimate of drug-likeness (QED) is 0.364. The zero-order valence-electron chi connectivity index (χ0n) is 20.8. The SMILES string of the molecule is CC(=O)N1CCN(Cc2ccc3c(c2)CCC(n2cnc4cc(-c5ccc(Cl)cc5)sc4c2=O)C3)CC1. The molecule has 1 aliphatic carbocycles. The molecule has 1 unspecified atom stereocenters. The van der Waals surface area contributed by atoms with Gasteiger partial charge in [-0.3, -0.25) is 19.1 Å². The number of nitrogens with zero attached hydrogens (tertiary/aromatic N) is 4. The molecule has 8 heteroatoms. The normalized spacial score (nSPS) is 18.2. The van der Waals surface area contributed by atoms with Crippen molar-refractivity contribution >= 4 is 39.1 Å². The van der Waals surface area contributed by atoms with E-state index in [0.29, 0.717) is 9.72 Å². The second kappa shape index (κ2) is 10.0. The lowest BCUT2D eigenvalue weighted by Crippen LogP contribution is -2.47. The van der Waals surface area contributed by atoms with Gasteiger partial charge in [0, 0.05) is 55.6 Å². The smallest absolute Gasteiger partial charge is 0.271 e. The first-order valence-electron chi connectivity index (χ1n) is 12.8. The molecule has 0 radical (unpaired) electrons. The second-order valence-corrected chi connectivity index (χ2v) is 11.6. The number of halogens is 1. The molecule has 6 nitrogen and oxygen atoms in total. The van der Waals surface area contributed by atoms with Crippen LogP contribution in [0.2, 0.25) is 5.02 Å². The van der Waals surface area contributed by atoms with Gasteiger partial charge in [-0.05, 0) is 59.7 Å². The molecular weight excluding hydrogens is 504 g/mol. The fraction of sp³-hybridized carbons (Fsp3) is 0.345. The predicted octanol–water partition coefficient (Wildman–Crippen LogP) is 5.17. The Kier molecular flexibility index (Phi) is 6.61. The third-order valence-corrected chi connectivity index (χ3v) is 9.09. The lowest BCUT2D eigenvalue weighted by atomic mass is 9.87. The number of hydrogen-bond acceptors (Lipinski definition) is 5. The van der Waals surface area contributed by atoms with E-state index < -0.39 is 0 Å². The Morgan fingerprint density at radius 3 is 2.59 bits per heavy atom. The molecule has 0 spiro atoms. The average molecular weight is 533 g/mol. The standard InChI is InChI=1S/C29H29ClN4O2S/c1-19(35)33-12-10-32(11-13-33)17-20-2-3-23-15-25(9-6-22(23)14-20)34-18-31-26-16-27(37-28(26)29(34)36)21-4-7-24(30)8-5-21/h2-5,7-8,14,16,18,25H,6,9-13,15,17H2,1H3. The van der Waals surface area contributed by atoms with Gasteiger partial charge in [-0.2, -0.15) is 0 Å². The van der Waals surface area contributed by atoms with Crippen LogP contribution in [-0.2, 0) is 24.2 Å². The van der Waals surface area contributed by atoms with Gasteiger partial charge < -0.3 is 4.90 Å². The van der Waals surface area contributed by atoms with Crippen molar-refractivity contribution in [1.82, 2.24) is 19.4 Å². The molecule has 1 fully saturated rings. The zero-order valence-corrected chi connectivity index (χ0v) is 22.4. The zero-order chi connectivity index (χ0) is 25.5. The molecule has 1 saturated heterocycles. The largest absolute Gasteiger partial charge is 0.340 e. The van der Waals surface area contributed by atoms with Crippen LogP contribution in [0.25, 0.3) is 20.7 Å². The number of aromatic nitrogens is 2. The summed E-state index contributed by atoms with van der Waals surface area (Å²) in [4.78, 5) is 35.1. The monoisotopic (exact) mass is 532 g/mol. The molecule has 190 valence electrons. The van der Waals surface area contributed by atoms with Crippen LogP contribution in [0.5, 0.6) is 0 Å². The number of rotatable bonds is 4. The van der Waals surface area contributed by atoms with E-state index in [2.05, 4.69) is 28.1 Å². The molecule has 2 aromatic carbocycles. The van der Waals surface area contributed by atoms with Crippen LogP contribution in [0.1, 0.15) is 36.1 Å². The van der Waals surface area contributed by atoms with Gasteiger partial charge >= 0.3 is 0 Å². The van der Waals surface area contributed by atoms with E-state index in [4.69, 9.17) is 11.6 Å². The van der Waals surface area contributed by atoms with Gasteiger partial charge in [0.25, 0.3) is 5.56 Å². The molecule has 1 amide bonds. The summed E-state index contributed by atoms with van der Waals surface area (Å²) in [7, 11) is 0. The number of carbonyl (C=O) groups excluding carboxylic acids is 1. The summed E-state index contributed by atoms with van der Waals surface area (Å²) < 4.78 is 2.55. The van der Waals surface area contributed by atoms with E-state index in [1.807, 2.05) is 39.8 Å². The van der Waals surface area contributed by atoms with Crippen LogP contribution in [-0.4, -0.2) is 51.4 Å². The van der Waals surface area contributed by atoms with Crippen LogP contribution in [0.15, 0.2) is 59.7 Å². The Morgan fingerprint density at radius 1 is 1.05 bits per heavy atom. The van der Waals surface area contributed by atoms with Crippen molar-refractivity contribution in [3.8, 4) is 10.4 Å². The predicted molar refractivity (Wildman–Crippen MR) is 149 cm³/mol. The number of carbonyl (C=O) groups is 1. The maximum atomic E-state index is 13.5. The first-order valence-corrected chi connectivity index (χ1v) is 14.0. The van der Waals surface area contributed by atoms with Crippen molar-refractivity contribution in [2.75, 3.05) is 26.2 Å². The molecule has 1 atom stereocenters. The first kappa shape index (κ1) is 24.3. The van der Waals surface area contributed by atoms with E-state index in [-0.39, 0.29) is 17.5 Å². The number of hydrogen-bond donors (Lipinski definition) is 0. The van der Waals surface area contributed by atoms with E-state index in [1.165, 1.54) is 28.0 Å². The van der Waals surface area contributed by atoms with E-state index in [1.54, 1.807) is 13.3 Å². The topological polar surface area (TPSA) is 58.4 Å².